The summed E-state index contributed by atoms with van der Waals surface area (Å²) >= 11 is 5.80. The zero-order valence-corrected chi connectivity index (χ0v) is 10.4. The van der Waals surface area contributed by atoms with Crippen LogP contribution in [-0.4, -0.2) is 23.3 Å². The van der Waals surface area contributed by atoms with E-state index in [9.17, 15) is 9.90 Å². The molecule has 92 valence electrons. The van der Waals surface area contributed by atoms with Crippen LogP contribution in [0.1, 0.15) is 18.9 Å². The van der Waals surface area contributed by atoms with Crippen molar-refractivity contribution in [3.8, 4) is 0 Å². The first-order chi connectivity index (χ1) is 7.99. The van der Waals surface area contributed by atoms with Gasteiger partial charge in [-0.1, -0.05) is 23.7 Å². The first kappa shape index (κ1) is 12.4. The van der Waals surface area contributed by atoms with E-state index in [1.807, 2.05) is 12.1 Å². The Bertz CT molecular complexity index is 411. The molecule has 4 heteroatoms. The summed E-state index contributed by atoms with van der Waals surface area (Å²) in [7, 11) is 0. The zero-order chi connectivity index (χ0) is 12.5. The molecule has 0 aromatic heterocycles. The quantitative estimate of drug-likeness (QED) is 0.823. The van der Waals surface area contributed by atoms with Gasteiger partial charge in [-0.05, 0) is 31.0 Å². The molecule has 0 spiro atoms. The van der Waals surface area contributed by atoms with Crippen molar-refractivity contribution in [2.45, 2.75) is 25.4 Å². The third-order valence-corrected chi connectivity index (χ3v) is 3.49. The molecule has 1 N–H and O–H groups in total. The molecule has 1 heterocycles. The Balaban J connectivity index is 2.15. The van der Waals surface area contributed by atoms with Gasteiger partial charge in [0.2, 0.25) is 0 Å². The second-order valence-electron chi connectivity index (χ2n) is 4.66. The Morgan fingerprint density at radius 3 is 2.71 bits per heavy atom. The van der Waals surface area contributed by atoms with Gasteiger partial charge in [-0.2, -0.15) is 0 Å². The van der Waals surface area contributed by atoms with Crippen molar-refractivity contribution in [2.24, 2.45) is 5.92 Å². The fourth-order valence-electron chi connectivity index (χ4n) is 2.05. The summed E-state index contributed by atoms with van der Waals surface area (Å²) < 4.78 is 5.00. The summed E-state index contributed by atoms with van der Waals surface area (Å²) in [5.74, 6) is -0.825. The molecule has 2 atom stereocenters. The Morgan fingerprint density at radius 2 is 2.12 bits per heavy atom. The SMILES string of the molecule is C[C@@]1(O)CCOC(=O)[C@@H]1Cc1ccc(Cl)cc1. The summed E-state index contributed by atoms with van der Waals surface area (Å²) in [6.45, 7) is 1.98. The molecule has 1 aliphatic rings. The minimum absolute atomic E-state index is 0.295. The Morgan fingerprint density at radius 1 is 1.47 bits per heavy atom. The second-order valence-corrected chi connectivity index (χ2v) is 5.09. The maximum Gasteiger partial charge on any atom is 0.312 e. The topological polar surface area (TPSA) is 46.5 Å². The van der Waals surface area contributed by atoms with Gasteiger partial charge in [0.05, 0.1) is 18.1 Å². The predicted octanol–water partition coefficient (Wildman–Crippen LogP) is 2.20. The van der Waals surface area contributed by atoms with Crippen LogP contribution in [0.15, 0.2) is 24.3 Å². The summed E-state index contributed by atoms with van der Waals surface area (Å²) in [6.07, 6.45) is 0.958. The number of cyclic esters (lactones) is 1. The van der Waals surface area contributed by atoms with Crippen molar-refractivity contribution in [3.05, 3.63) is 34.9 Å². The van der Waals surface area contributed by atoms with Gasteiger partial charge in [-0.3, -0.25) is 4.79 Å². The van der Waals surface area contributed by atoms with Crippen molar-refractivity contribution in [1.82, 2.24) is 0 Å². The normalized spacial score (nSPS) is 28.9. The molecule has 0 bridgehead atoms. The molecule has 1 aliphatic heterocycles. The molecule has 1 fully saturated rings. The highest BCUT2D eigenvalue weighted by Crippen LogP contribution is 2.30. The molecule has 1 saturated heterocycles. The Labute approximate surface area is 105 Å². The summed E-state index contributed by atoms with van der Waals surface area (Å²) in [5, 5.41) is 10.9. The van der Waals surface area contributed by atoms with Crippen LogP contribution in [-0.2, 0) is 16.0 Å². The smallest absolute Gasteiger partial charge is 0.312 e. The second kappa shape index (κ2) is 4.67. The van der Waals surface area contributed by atoms with E-state index in [-0.39, 0.29) is 5.97 Å². The van der Waals surface area contributed by atoms with Crippen molar-refractivity contribution < 1.29 is 14.6 Å². The first-order valence-electron chi connectivity index (χ1n) is 5.62. The highest BCUT2D eigenvalue weighted by atomic mass is 35.5. The first-order valence-corrected chi connectivity index (χ1v) is 6.00. The Kier molecular flexibility index (Phi) is 3.40. The molecule has 17 heavy (non-hydrogen) atoms. The van der Waals surface area contributed by atoms with E-state index in [1.165, 1.54) is 0 Å². The van der Waals surface area contributed by atoms with Gasteiger partial charge < -0.3 is 9.84 Å². The molecular formula is C13H15ClO3. The van der Waals surface area contributed by atoms with Gasteiger partial charge in [-0.15, -0.1) is 0 Å². The van der Waals surface area contributed by atoms with Crippen LogP contribution in [0.3, 0.4) is 0 Å². The van der Waals surface area contributed by atoms with E-state index in [0.717, 1.165) is 5.56 Å². The van der Waals surface area contributed by atoms with Gasteiger partial charge in [-0.25, -0.2) is 0 Å². The number of rotatable bonds is 2. The molecule has 0 amide bonds. The molecular weight excluding hydrogens is 240 g/mol. The van der Waals surface area contributed by atoms with E-state index >= 15 is 0 Å². The monoisotopic (exact) mass is 254 g/mol. The van der Waals surface area contributed by atoms with Crippen molar-refractivity contribution in [3.63, 3.8) is 0 Å². The van der Waals surface area contributed by atoms with E-state index in [2.05, 4.69) is 0 Å². The highest BCUT2D eigenvalue weighted by Gasteiger charge is 2.41. The molecule has 0 radical (unpaired) electrons. The van der Waals surface area contributed by atoms with Crippen LogP contribution >= 0.6 is 11.6 Å². The number of esters is 1. The molecule has 2 rings (SSSR count). The lowest BCUT2D eigenvalue weighted by atomic mass is 9.81. The van der Waals surface area contributed by atoms with E-state index in [0.29, 0.717) is 24.5 Å². The minimum atomic E-state index is -0.991. The molecule has 0 unspecified atom stereocenters. The number of halogens is 1. The van der Waals surface area contributed by atoms with E-state index < -0.39 is 11.5 Å². The Hall–Kier alpha value is -1.06. The van der Waals surface area contributed by atoms with Gasteiger partial charge in [0.1, 0.15) is 0 Å². The number of hydrogen-bond donors (Lipinski definition) is 1. The number of carbonyl (C=O) groups excluding carboxylic acids is 1. The average Bonchev–Trinajstić information content (AvgIpc) is 2.26. The summed E-state index contributed by atoms with van der Waals surface area (Å²) in [6, 6.07) is 7.28. The van der Waals surface area contributed by atoms with E-state index in [1.54, 1.807) is 19.1 Å². The summed E-state index contributed by atoms with van der Waals surface area (Å²) in [5.41, 5.74) is -0.0202. The zero-order valence-electron chi connectivity index (χ0n) is 9.65. The van der Waals surface area contributed by atoms with Crippen LogP contribution in [0.5, 0.6) is 0 Å². The summed E-state index contributed by atoms with van der Waals surface area (Å²) in [4.78, 5) is 11.7. The largest absolute Gasteiger partial charge is 0.465 e. The average molecular weight is 255 g/mol. The van der Waals surface area contributed by atoms with Gasteiger partial charge in [0, 0.05) is 11.4 Å². The number of carbonyl (C=O) groups is 1. The lowest BCUT2D eigenvalue weighted by Gasteiger charge is -2.35. The lowest BCUT2D eigenvalue weighted by molar-refractivity contribution is -0.170. The molecule has 0 aliphatic carbocycles. The molecule has 1 aromatic carbocycles. The van der Waals surface area contributed by atoms with Crippen molar-refractivity contribution in [1.29, 1.82) is 0 Å². The number of hydrogen-bond acceptors (Lipinski definition) is 3. The standard InChI is InChI=1S/C13H15ClO3/c1-13(16)6-7-17-12(15)11(13)8-9-2-4-10(14)5-3-9/h2-5,11,16H,6-8H2,1H3/t11-,13+/m0/s1. The third-order valence-electron chi connectivity index (χ3n) is 3.24. The maximum absolute atomic E-state index is 11.7. The maximum atomic E-state index is 11.7. The number of benzene rings is 1. The van der Waals surface area contributed by atoms with Crippen molar-refractivity contribution >= 4 is 17.6 Å². The van der Waals surface area contributed by atoms with Gasteiger partial charge in [0.25, 0.3) is 0 Å². The van der Waals surface area contributed by atoms with Crippen molar-refractivity contribution in [2.75, 3.05) is 6.61 Å². The van der Waals surface area contributed by atoms with Crippen LogP contribution in [0.2, 0.25) is 5.02 Å². The fraction of sp³-hybridized carbons (Fsp3) is 0.462. The fourth-order valence-corrected chi connectivity index (χ4v) is 2.17. The van der Waals surface area contributed by atoms with Crippen LogP contribution in [0.4, 0.5) is 0 Å². The van der Waals surface area contributed by atoms with Gasteiger partial charge in [0.15, 0.2) is 0 Å². The number of ether oxygens (including phenoxy) is 1. The minimum Gasteiger partial charge on any atom is -0.465 e. The molecule has 0 saturated carbocycles. The van der Waals surface area contributed by atoms with Gasteiger partial charge >= 0.3 is 5.97 Å². The third kappa shape index (κ3) is 2.79. The van der Waals surface area contributed by atoms with Crippen LogP contribution in [0.25, 0.3) is 0 Å². The molecule has 1 aromatic rings. The lowest BCUT2D eigenvalue weighted by Crippen LogP contribution is -2.46. The highest BCUT2D eigenvalue weighted by molar-refractivity contribution is 6.30. The predicted molar refractivity (Wildman–Crippen MR) is 64.8 cm³/mol. The van der Waals surface area contributed by atoms with Crippen LogP contribution in [0, 0.1) is 5.92 Å². The van der Waals surface area contributed by atoms with E-state index in [4.69, 9.17) is 16.3 Å². The number of aliphatic hydroxyl groups is 1. The van der Waals surface area contributed by atoms with Crippen LogP contribution < -0.4 is 0 Å². The molecule has 3 nitrogen and oxygen atoms in total.